The summed E-state index contributed by atoms with van der Waals surface area (Å²) in [5.74, 6) is 1.44. The summed E-state index contributed by atoms with van der Waals surface area (Å²) in [4.78, 5) is 0. The van der Waals surface area contributed by atoms with E-state index in [1.54, 1.807) is 0 Å². The van der Waals surface area contributed by atoms with Crippen LogP contribution in [0.2, 0.25) is 0 Å². The number of ether oxygens (including phenoxy) is 1. The van der Waals surface area contributed by atoms with Gasteiger partial charge in [0.25, 0.3) is 0 Å². The molecule has 1 aromatic carbocycles. The van der Waals surface area contributed by atoms with Crippen molar-refractivity contribution in [3.8, 4) is 0 Å². The summed E-state index contributed by atoms with van der Waals surface area (Å²) in [6.45, 7) is 2.35. The van der Waals surface area contributed by atoms with E-state index in [0.29, 0.717) is 12.0 Å². The second-order valence-electron chi connectivity index (χ2n) is 7.15. The average Bonchev–Trinajstić information content (AvgIpc) is 2.50. The van der Waals surface area contributed by atoms with Crippen molar-refractivity contribution in [2.24, 2.45) is 11.7 Å². The molecule has 2 aliphatic rings. The van der Waals surface area contributed by atoms with E-state index in [-0.39, 0.29) is 12.1 Å². The Kier molecular flexibility index (Phi) is 4.97. The van der Waals surface area contributed by atoms with E-state index in [1.165, 1.54) is 37.7 Å². The lowest BCUT2D eigenvalue weighted by Crippen LogP contribution is -2.44. The van der Waals surface area contributed by atoms with Crippen molar-refractivity contribution in [3.05, 3.63) is 35.9 Å². The van der Waals surface area contributed by atoms with Gasteiger partial charge in [0.15, 0.2) is 0 Å². The third-order valence-electron chi connectivity index (χ3n) is 5.37. The Morgan fingerprint density at radius 1 is 1.00 bits per heavy atom. The van der Waals surface area contributed by atoms with E-state index in [0.717, 1.165) is 18.8 Å². The molecule has 21 heavy (non-hydrogen) atoms. The molecule has 2 N–H and O–H groups in total. The first-order valence-electron chi connectivity index (χ1n) is 8.68. The SMILES string of the molecule is CC1CCCC(OC2CC(c3ccccc3)CCC2N)C1. The normalized spacial score (nSPS) is 37.3. The number of benzene rings is 1. The first kappa shape index (κ1) is 15.1. The molecule has 5 unspecified atom stereocenters. The first-order valence-corrected chi connectivity index (χ1v) is 8.68. The second-order valence-corrected chi connectivity index (χ2v) is 7.15. The Hall–Kier alpha value is -0.860. The summed E-state index contributed by atoms with van der Waals surface area (Å²) < 4.78 is 6.44. The predicted octanol–water partition coefficient (Wildman–Crippen LogP) is 4.25. The second kappa shape index (κ2) is 6.93. The lowest BCUT2D eigenvalue weighted by Gasteiger charge is -2.38. The zero-order valence-electron chi connectivity index (χ0n) is 13.2. The van der Waals surface area contributed by atoms with Crippen molar-refractivity contribution in [2.45, 2.75) is 76.0 Å². The van der Waals surface area contributed by atoms with Crippen LogP contribution in [0.4, 0.5) is 0 Å². The van der Waals surface area contributed by atoms with Crippen LogP contribution in [-0.4, -0.2) is 18.2 Å². The number of rotatable bonds is 3. The zero-order chi connectivity index (χ0) is 14.7. The van der Waals surface area contributed by atoms with Crippen LogP contribution in [-0.2, 0) is 4.74 Å². The summed E-state index contributed by atoms with van der Waals surface area (Å²) in [5.41, 5.74) is 7.80. The first-order chi connectivity index (χ1) is 10.2. The lowest BCUT2D eigenvalue weighted by molar-refractivity contribution is -0.0644. The van der Waals surface area contributed by atoms with Crippen molar-refractivity contribution in [3.63, 3.8) is 0 Å². The maximum Gasteiger partial charge on any atom is 0.0735 e. The van der Waals surface area contributed by atoms with Gasteiger partial charge in [-0.2, -0.15) is 0 Å². The largest absolute Gasteiger partial charge is 0.373 e. The number of hydrogen-bond acceptors (Lipinski definition) is 2. The van der Waals surface area contributed by atoms with Gasteiger partial charge in [-0.1, -0.05) is 50.1 Å². The molecule has 2 heteroatoms. The van der Waals surface area contributed by atoms with E-state index >= 15 is 0 Å². The van der Waals surface area contributed by atoms with E-state index in [9.17, 15) is 0 Å². The van der Waals surface area contributed by atoms with Crippen LogP contribution < -0.4 is 5.73 Å². The smallest absolute Gasteiger partial charge is 0.0735 e. The summed E-state index contributed by atoms with van der Waals surface area (Å²) >= 11 is 0. The van der Waals surface area contributed by atoms with Gasteiger partial charge in [0.1, 0.15) is 0 Å². The van der Waals surface area contributed by atoms with Crippen molar-refractivity contribution in [1.82, 2.24) is 0 Å². The minimum absolute atomic E-state index is 0.224. The van der Waals surface area contributed by atoms with Crippen molar-refractivity contribution < 1.29 is 4.74 Å². The van der Waals surface area contributed by atoms with Gasteiger partial charge in [0.2, 0.25) is 0 Å². The fourth-order valence-corrected chi connectivity index (χ4v) is 4.09. The lowest BCUT2D eigenvalue weighted by atomic mass is 9.80. The molecule has 0 spiro atoms. The maximum atomic E-state index is 6.44. The Morgan fingerprint density at radius 3 is 2.57 bits per heavy atom. The molecule has 0 amide bonds. The zero-order valence-corrected chi connectivity index (χ0v) is 13.2. The fraction of sp³-hybridized carbons (Fsp3) is 0.684. The van der Waals surface area contributed by atoms with Gasteiger partial charge >= 0.3 is 0 Å². The van der Waals surface area contributed by atoms with E-state index in [4.69, 9.17) is 10.5 Å². The van der Waals surface area contributed by atoms with Crippen LogP contribution in [0, 0.1) is 5.92 Å². The highest BCUT2D eigenvalue weighted by Crippen LogP contribution is 2.36. The Morgan fingerprint density at radius 2 is 1.81 bits per heavy atom. The molecule has 2 nitrogen and oxygen atoms in total. The monoisotopic (exact) mass is 287 g/mol. The standard InChI is InChI=1S/C19H29NO/c1-14-6-5-9-17(12-14)21-19-13-16(10-11-18(19)20)15-7-3-2-4-8-15/h2-4,7-8,14,16-19H,5-6,9-13,20H2,1H3. The van der Waals surface area contributed by atoms with Gasteiger partial charge in [-0.3, -0.25) is 0 Å². The van der Waals surface area contributed by atoms with Crippen LogP contribution in [0.25, 0.3) is 0 Å². The minimum Gasteiger partial charge on any atom is -0.373 e. The van der Waals surface area contributed by atoms with Crippen molar-refractivity contribution >= 4 is 0 Å². The van der Waals surface area contributed by atoms with Gasteiger partial charge < -0.3 is 10.5 Å². The molecule has 3 rings (SSSR count). The molecule has 116 valence electrons. The molecule has 2 saturated carbocycles. The molecule has 5 atom stereocenters. The van der Waals surface area contributed by atoms with Gasteiger partial charge in [-0.15, -0.1) is 0 Å². The summed E-state index contributed by atoms with van der Waals surface area (Å²) in [6.07, 6.45) is 9.20. The Balaban J connectivity index is 1.61. The molecule has 0 radical (unpaired) electrons. The molecular formula is C19H29NO. The molecular weight excluding hydrogens is 258 g/mol. The summed E-state index contributed by atoms with van der Waals surface area (Å²) in [7, 11) is 0. The summed E-state index contributed by atoms with van der Waals surface area (Å²) in [6, 6.07) is 11.1. The minimum atomic E-state index is 0.224. The molecule has 2 aliphatic carbocycles. The molecule has 0 heterocycles. The van der Waals surface area contributed by atoms with Crippen LogP contribution in [0.1, 0.15) is 63.4 Å². The molecule has 0 saturated heterocycles. The van der Waals surface area contributed by atoms with Crippen LogP contribution in [0.5, 0.6) is 0 Å². The van der Waals surface area contributed by atoms with Crippen LogP contribution >= 0.6 is 0 Å². The fourth-order valence-electron chi connectivity index (χ4n) is 4.09. The number of hydrogen-bond donors (Lipinski definition) is 1. The van der Waals surface area contributed by atoms with E-state index in [1.807, 2.05) is 0 Å². The van der Waals surface area contributed by atoms with E-state index in [2.05, 4.69) is 37.3 Å². The highest BCUT2D eigenvalue weighted by Gasteiger charge is 2.32. The maximum absolute atomic E-state index is 6.44. The molecule has 2 fully saturated rings. The molecule has 0 aromatic heterocycles. The predicted molar refractivity (Wildman–Crippen MR) is 87.3 cm³/mol. The van der Waals surface area contributed by atoms with Gasteiger partial charge in [0.05, 0.1) is 12.2 Å². The topological polar surface area (TPSA) is 35.2 Å². The van der Waals surface area contributed by atoms with Gasteiger partial charge in [0, 0.05) is 6.04 Å². The van der Waals surface area contributed by atoms with E-state index < -0.39 is 0 Å². The molecule has 1 aromatic rings. The molecule has 0 bridgehead atoms. The Bertz CT molecular complexity index is 432. The van der Waals surface area contributed by atoms with Crippen molar-refractivity contribution in [2.75, 3.05) is 0 Å². The van der Waals surface area contributed by atoms with Crippen LogP contribution in [0.15, 0.2) is 30.3 Å². The third-order valence-corrected chi connectivity index (χ3v) is 5.37. The third kappa shape index (κ3) is 3.87. The van der Waals surface area contributed by atoms with Gasteiger partial charge in [-0.05, 0) is 49.5 Å². The molecule has 0 aliphatic heterocycles. The highest BCUT2D eigenvalue weighted by atomic mass is 16.5. The quantitative estimate of drug-likeness (QED) is 0.902. The van der Waals surface area contributed by atoms with Gasteiger partial charge in [-0.25, -0.2) is 0 Å². The highest BCUT2D eigenvalue weighted by molar-refractivity contribution is 5.20. The average molecular weight is 287 g/mol. The Labute approximate surface area is 129 Å². The number of nitrogens with two attached hydrogens (primary N) is 1. The summed E-state index contributed by atoms with van der Waals surface area (Å²) in [5, 5.41) is 0. The van der Waals surface area contributed by atoms with Crippen LogP contribution in [0.3, 0.4) is 0 Å². The van der Waals surface area contributed by atoms with Crippen molar-refractivity contribution in [1.29, 1.82) is 0 Å².